The minimum Gasteiger partial charge on any atom is -0.374 e. The summed E-state index contributed by atoms with van der Waals surface area (Å²) in [7, 11) is -2.39. The Hall–Kier alpha value is -1.02. The molecule has 0 spiro atoms. The molecule has 0 bridgehead atoms. The van der Waals surface area contributed by atoms with Gasteiger partial charge in [-0.3, -0.25) is 0 Å². The van der Waals surface area contributed by atoms with Crippen molar-refractivity contribution in [3.8, 4) is 0 Å². The summed E-state index contributed by atoms with van der Waals surface area (Å²) < 4.78 is 44.6. The molecule has 0 saturated carbocycles. The van der Waals surface area contributed by atoms with Crippen LogP contribution in [0, 0.1) is 5.82 Å². The van der Waals surface area contributed by atoms with Gasteiger partial charge in [0.1, 0.15) is 10.7 Å². The number of hydrogen-bond acceptors (Lipinski definition) is 4. The number of nitrogens with zero attached hydrogens (tertiary/aromatic N) is 1. The first-order valence-corrected chi connectivity index (χ1v) is 7.49. The summed E-state index contributed by atoms with van der Waals surface area (Å²) in [4.78, 5) is -0.304. The van der Waals surface area contributed by atoms with E-state index in [0.29, 0.717) is 13.2 Å². The molecule has 2 rings (SSSR count). The standard InChI is InChI=1S/C12H17FN2O3S/c1-15(9-10-8-14-6-7-18-10)19(16,17)12-5-3-2-4-11(12)13/h2-5,10,14H,6-9H2,1H3. The number of nitrogens with one attached hydrogen (secondary N) is 1. The van der Waals surface area contributed by atoms with Crippen LogP contribution >= 0.6 is 0 Å². The minimum absolute atomic E-state index is 0.198. The van der Waals surface area contributed by atoms with Gasteiger partial charge >= 0.3 is 0 Å². The van der Waals surface area contributed by atoms with Crippen LogP contribution in [-0.2, 0) is 14.8 Å². The maximum Gasteiger partial charge on any atom is 0.245 e. The van der Waals surface area contributed by atoms with E-state index in [0.717, 1.165) is 16.9 Å². The van der Waals surface area contributed by atoms with Crippen LogP contribution in [0.25, 0.3) is 0 Å². The molecule has 1 aromatic rings. The fraction of sp³-hybridized carbons (Fsp3) is 0.500. The van der Waals surface area contributed by atoms with Crippen LogP contribution in [0.2, 0.25) is 0 Å². The summed E-state index contributed by atoms with van der Waals surface area (Å²) in [5.74, 6) is -0.739. The number of halogens is 1. The third-order valence-electron chi connectivity index (χ3n) is 2.99. The van der Waals surface area contributed by atoms with E-state index in [-0.39, 0.29) is 17.5 Å². The van der Waals surface area contributed by atoms with Gasteiger partial charge in [0, 0.05) is 26.7 Å². The third kappa shape index (κ3) is 3.30. The summed E-state index contributed by atoms with van der Waals surface area (Å²) in [6, 6.07) is 5.37. The average molecular weight is 288 g/mol. The summed E-state index contributed by atoms with van der Waals surface area (Å²) in [6.45, 7) is 2.11. The Morgan fingerprint density at radius 1 is 1.47 bits per heavy atom. The number of hydrogen-bond donors (Lipinski definition) is 1. The van der Waals surface area contributed by atoms with Gasteiger partial charge in [-0.15, -0.1) is 0 Å². The highest BCUT2D eigenvalue weighted by Gasteiger charge is 2.27. The van der Waals surface area contributed by atoms with E-state index >= 15 is 0 Å². The molecule has 1 fully saturated rings. The molecule has 0 radical (unpaired) electrons. The van der Waals surface area contributed by atoms with Crippen molar-refractivity contribution in [2.45, 2.75) is 11.0 Å². The number of sulfonamides is 1. The zero-order chi connectivity index (χ0) is 13.9. The second kappa shape index (κ2) is 5.96. The first-order chi connectivity index (χ1) is 9.01. The van der Waals surface area contributed by atoms with Crippen LogP contribution in [0.15, 0.2) is 29.2 Å². The lowest BCUT2D eigenvalue weighted by atomic mass is 10.3. The van der Waals surface area contributed by atoms with Crippen molar-refractivity contribution in [3.63, 3.8) is 0 Å². The van der Waals surface area contributed by atoms with Crippen molar-refractivity contribution < 1.29 is 17.5 Å². The maximum absolute atomic E-state index is 13.6. The van der Waals surface area contributed by atoms with Crippen molar-refractivity contribution in [1.82, 2.24) is 9.62 Å². The van der Waals surface area contributed by atoms with Crippen molar-refractivity contribution in [3.05, 3.63) is 30.1 Å². The zero-order valence-corrected chi connectivity index (χ0v) is 11.5. The van der Waals surface area contributed by atoms with Gasteiger partial charge in [0.15, 0.2) is 0 Å². The first kappa shape index (κ1) is 14.4. The van der Waals surface area contributed by atoms with Crippen LogP contribution in [0.5, 0.6) is 0 Å². The van der Waals surface area contributed by atoms with Gasteiger partial charge in [-0.05, 0) is 12.1 Å². The Morgan fingerprint density at radius 3 is 2.84 bits per heavy atom. The Balaban J connectivity index is 2.13. The number of ether oxygens (including phenoxy) is 1. The molecule has 1 atom stereocenters. The van der Waals surface area contributed by atoms with E-state index in [1.807, 2.05) is 0 Å². The smallest absolute Gasteiger partial charge is 0.245 e. The van der Waals surface area contributed by atoms with E-state index in [1.165, 1.54) is 25.2 Å². The highest BCUT2D eigenvalue weighted by atomic mass is 32.2. The lowest BCUT2D eigenvalue weighted by Crippen LogP contribution is -2.45. The molecular formula is C12H17FN2O3S. The number of morpholine rings is 1. The molecule has 1 unspecified atom stereocenters. The monoisotopic (exact) mass is 288 g/mol. The maximum atomic E-state index is 13.6. The minimum atomic E-state index is -3.82. The fourth-order valence-corrected chi connectivity index (χ4v) is 3.21. The van der Waals surface area contributed by atoms with Crippen LogP contribution in [0.1, 0.15) is 0 Å². The largest absolute Gasteiger partial charge is 0.374 e. The van der Waals surface area contributed by atoms with Crippen molar-refractivity contribution in [2.75, 3.05) is 33.3 Å². The Kier molecular flexibility index (Phi) is 4.51. The summed E-state index contributed by atoms with van der Waals surface area (Å²) in [5, 5.41) is 3.12. The normalized spacial score (nSPS) is 20.7. The predicted octanol–water partition coefficient (Wildman–Crippen LogP) is 0.435. The Labute approximate surface area is 112 Å². The lowest BCUT2D eigenvalue weighted by molar-refractivity contribution is 0.0206. The summed E-state index contributed by atoms with van der Waals surface area (Å²) in [5.41, 5.74) is 0. The molecule has 1 aliphatic rings. The van der Waals surface area contributed by atoms with E-state index in [2.05, 4.69) is 5.32 Å². The number of benzene rings is 1. The summed E-state index contributed by atoms with van der Waals surface area (Å²) >= 11 is 0. The van der Waals surface area contributed by atoms with Gasteiger partial charge < -0.3 is 10.1 Å². The van der Waals surface area contributed by atoms with E-state index in [1.54, 1.807) is 0 Å². The van der Waals surface area contributed by atoms with Gasteiger partial charge in [-0.2, -0.15) is 4.31 Å². The lowest BCUT2D eigenvalue weighted by Gasteiger charge is -2.27. The molecule has 1 saturated heterocycles. The SMILES string of the molecule is CN(CC1CNCCO1)S(=O)(=O)c1ccccc1F. The zero-order valence-electron chi connectivity index (χ0n) is 10.7. The molecule has 7 heteroatoms. The molecule has 0 amide bonds. The van der Waals surface area contributed by atoms with Gasteiger partial charge in [-0.1, -0.05) is 12.1 Å². The molecule has 1 aromatic carbocycles. The predicted molar refractivity (Wildman–Crippen MR) is 68.8 cm³/mol. The third-order valence-corrected chi connectivity index (χ3v) is 4.85. The van der Waals surface area contributed by atoms with Crippen molar-refractivity contribution >= 4 is 10.0 Å². The average Bonchev–Trinajstić information content (AvgIpc) is 2.40. The molecule has 106 valence electrons. The van der Waals surface area contributed by atoms with Crippen molar-refractivity contribution in [2.24, 2.45) is 0 Å². The van der Waals surface area contributed by atoms with E-state index in [4.69, 9.17) is 4.74 Å². The highest BCUT2D eigenvalue weighted by Crippen LogP contribution is 2.18. The van der Waals surface area contributed by atoms with Gasteiger partial charge in [0.2, 0.25) is 10.0 Å². The molecule has 0 aromatic heterocycles. The second-order valence-electron chi connectivity index (χ2n) is 4.41. The Bertz CT molecular complexity index is 530. The fourth-order valence-electron chi connectivity index (χ4n) is 1.94. The molecule has 0 aliphatic carbocycles. The van der Waals surface area contributed by atoms with Crippen molar-refractivity contribution in [1.29, 1.82) is 0 Å². The highest BCUT2D eigenvalue weighted by molar-refractivity contribution is 7.89. The van der Waals surface area contributed by atoms with Gasteiger partial charge in [0.25, 0.3) is 0 Å². The summed E-state index contributed by atoms with van der Waals surface area (Å²) in [6.07, 6.45) is -0.208. The van der Waals surface area contributed by atoms with Crippen LogP contribution in [-0.4, -0.2) is 52.1 Å². The molecule has 1 heterocycles. The molecule has 1 N–H and O–H groups in total. The van der Waals surface area contributed by atoms with Crippen LogP contribution in [0.4, 0.5) is 4.39 Å². The quantitative estimate of drug-likeness (QED) is 0.873. The number of likely N-dealkylation sites (N-methyl/N-ethyl adjacent to an activating group) is 1. The number of rotatable bonds is 4. The Morgan fingerprint density at radius 2 is 2.21 bits per heavy atom. The second-order valence-corrected chi connectivity index (χ2v) is 6.43. The van der Waals surface area contributed by atoms with Crippen LogP contribution < -0.4 is 5.32 Å². The molecule has 1 aliphatic heterocycles. The molecule has 19 heavy (non-hydrogen) atoms. The molecular weight excluding hydrogens is 271 g/mol. The van der Waals surface area contributed by atoms with Gasteiger partial charge in [0.05, 0.1) is 12.7 Å². The van der Waals surface area contributed by atoms with E-state index in [9.17, 15) is 12.8 Å². The topological polar surface area (TPSA) is 58.6 Å². The van der Waals surface area contributed by atoms with Gasteiger partial charge in [-0.25, -0.2) is 12.8 Å². The van der Waals surface area contributed by atoms with Crippen LogP contribution in [0.3, 0.4) is 0 Å². The first-order valence-electron chi connectivity index (χ1n) is 6.05. The molecule has 5 nitrogen and oxygen atoms in total. The van der Waals surface area contributed by atoms with E-state index < -0.39 is 15.8 Å².